The van der Waals surface area contributed by atoms with Crippen LogP contribution in [0.2, 0.25) is 0 Å². The molecule has 0 aliphatic heterocycles. The summed E-state index contributed by atoms with van der Waals surface area (Å²) in [5.41, 5.74) is 0. The van der Waals surface area contributed by atoms with Gasteiger partial charge in [0.05, 0.1) is 25.9 Å². The van der Waals surface area contributed by atoms with Crippen molar-refractivity contribution in [3.8, 4) is 0 Å². The van der Waals surface area contributed by atoms with Crippen LogP contribution in [0.25, 0.3) is 0 Å². The summed E-state index contributed by atoms with van der Waals surface area (Å²) in [5, 5.41) is 28.1. The van der Waals surface area contributed by atoms with Crippen molar-refractivity contribution in [3.63, 3.8) is 0 Å². The first kappa shape index (κ1) is 54.9. The van der Waals surface area contributed by atoms with Crippen LogP contribution in [-0.2, 0) is 32.7 Å². The lowest BCUT2D eigenvalue weighted by Gasteiger charge is -2.20. The van der Waals surface area contributed by atoms with Gasteiger partial charge in [0.15, 0.2) is 6.10 Å². The second-order valence-corrected chi connectivity index (χ2v) is 15.3. The molecule has 0 fully saturated rings. The van der Waals surface area contributed by atoms with Crippen LogP contribution in [0.15, 0.2) is 97.2 Å². The van der Waals surface area contributed by atoms with Crippen LogP contribution in [0.4, 0.5) is 0 Å². The minimum Gasteiger partial charge on any atom is -0.462 e. The molecule has 0 radical (unpaired) electrons. The summed E-state index contributed by atoms with van der Waals surface area (Å²) in [5.74, 6) is -1.09. The molecule has 12 heteroatoms. The molecule has 0 saturated carbocycles. The van der Waals surface area contributed by atoms with Gasteiger partial charge in [0, 0.05) is 12.8 Å². The second-order valence-electron chi connectivity index (χ2n) is 13.8. The van der Waals surface area contributed by atoms with E-state index < -0.39 is 57.9 Å². The SMILES string of the molecule is CC/C=C\C(O)C/C=C/C=C\C/C=C\C/C=C\CCCC(=O)O[C@H](COC(=O)CCC/C=C\C/C=C\C/C=C\CCCCCCCC)COP(=O)(O)OC[C@@H](O)CO. The van der Waals surface area contributed by atoms with Gasteiger partial charge in [0.25, 0.3) is 0 Å². The standard InChI is InChI=1S/C46H75O11P/c1-3-5-7-8-9-10-11-12-13-14-15-16-20-23-26-29-32-36-45(50)54-40-44(41-56-58(52,53)55-39-43(49)38-47)57-46(51)37-33-30-27-24-21-18-17-19-22-25-28-31-35-42(48)34-6-4-2/h6,12-13,15-18,22-28,31,34,42-44,47-49H,3-5,7-11,14,19-21,29-30,32-33,35-41H2,1-2H3,(H,52,53)/b13-12-,16-15-,18-17-,25-22-,26-23-,27-24-,31-28+,34-6-/t42?,43-,44+/m0/s1. The third kappa shape index (κ3) is 39.7. The number of phosphoric ester groups is 1. The predicted molar refractivity (Wildman–Crippen MR) is 234 cm³/mol. The summed E-state index contributed by atoms with van der Waals surface area (Å²) in [6.45, 7) is 1.97. The Labute approximate surface area is 349 Å². The summed E-state index contributed by atoms with van der Waals surface area (Å²) in [6.07, 6.45) is 45.9. The average molecular weight is 835 g/mol. The molecule has 0 aliphatic rings. The zero-order valence-corrected chi connectivity index (χ0v) is 36.2. The van der Waals surface area contributed by atoms with Gasteiger partial charge in [-0.25, -0.2) is 4.57 Å². The molecule has 330 valence electrons. The van der Waals surface area contributed by atoms with E-state index in [1.165, 1.54) is 38.5 Å². The quantitative estimate of drug-likeness (QED) is 0.0154. The molecular formula is C46H75O11P. The number of hydrogen-bond acceptors (Lipinski definition) is 10. The maximum Gasteiger partial charge on any atom is 0.472 e. The third-order valence-corrected chi connectivity index (χ3v) is 9.25. The van der Waals surface area contributed by atoms with Gasteiger partial charge in [-0.05, 0) is 77.0 Å². The van der Waals surface area contributed by atoms with Crippen LogP contribution in [-0.4, -0.2) is 76.9 Å². The van der Waals surface area contributed by atoms with Crippen LogP contribution < -0.4 is 0 Å². The number of ether oxygens (including phenoxy) is 2. The van der Waals surface area contributed by atoms with Gasteiger partial charge < -0.3 is 29.7 Å². The highest BCUT2D eigenvalue weighted by molar-refractivity contribution is 7.47. The van der Waals surface area contributed by atoms with Gasteiger partial charge in [-0.15, -0.1) is 0 Å². The maximum atomic E-state index is 12.6. The van der Waals surface area contributed by atoms with Gasteiger partial charge in [-0.1, -0.05) is 143 Å². The fraction of sp³-hybridized carbons (Fsp3) is 0.609. The van der Waals surface area contributed by atoms with Crippen LogP contribution in [0, 0.1) is 0 Å². The minimum absolute atomic E-state index is 0.0717. The first-order chi connectivity index (χ1) is 28.1. The van der Waals surface area contributed by atoms with Gasteiger partial charge in [0.1, 0.15) is 12.7 Å². The average Bonchev–Trinajstić information content (AvgIpc) is 3.21. The van der Waals surface area contributed by atoms with E-state index in [-0.39, 0.29) is 19.4 Å². The molecule has 2 unspecified atom stereocenters. The summed E-state index contributed by atoms with van der Waals surface area (Å²) in [6, 6.07) is 0. The van der Waals surface area contributed by atoms with E-state index in [9.17, 15) is 29.3 Å². The summed E-state index contributed by atoms with van der Waals surface area (Å²) in [7, 11) is -4.66. The molecule has 4 N–H and O–H groups in total. The molecule has 0 aliphatic carbocycles. The molecule has 0 saturated heterocycles. The number of esters is 2. The van der Waals surface area contributed by atoms with Crippen molar-refractivity contribution in [3.05, 3.63) is 97.2 Å². The Morgan fingerprint density at radius 2 is 1.12 bits per heavy atom. The molecule has 0 heterocycles. The van der Waals surface area contributed by atoms with Crippen molar-refractivity contribution >= 4 is 19.8 Å². The molecule has 58 heavy (non-hydrogen) atoms. The van der Waals surface area contributed by atoms with Crippen molar-refractivity contribution in [2.24, 2.45) is 0 Å². The first-order valence-electron chi connectivity index (χ1n) is 21.3. The highest BCUT2D eigenvalue weighted by Crippen LogP contribution is 2.43. The fourth-order valence-electron chi connectivity index (χ4n) is 5.00. The van der Waals surface area contributed by atoms with E-state index in [2.05, 4.69) is 47.9 Å². The Morgan fingerprint density at radius 3 is 1.72 bits per heavy atom. The topological polar surface area (TPSA) is 169 Å². The Hall–Kier alpha value is -3.15. The smallest absolute Gasteiger partial charge is 0.462 e. The van der Waals surface area contributed by atoms with Crippen molar-refractivity contribution < 1.29 is 52.9 Å². The van der Waals surface area contributed by atoms with E-state index >= 15 is 0 Å². The van der Waals surface area contributed by atoms with Gasteiger partial charge in [-0.2, -0.15) is 0 Å². The molecule has 0 bridgehead atoms. The molecule has 0 spiro atoms. The Morgan fingerprint density at radius 1 is 0.603 bits per heavy atom. The summed E-state index contributed by atoms with van der Waals surface area (Å²) >= 11 is 0. The minimum atomic E-state index is -4.66. The normalized spacial score (nSPS) is 15.3. The molecule has 0 rings (SSSR count). The number of unbranched alkanes of at least 4 members (excludes halogenated alkanes) is 8. The number of hydrogen-bond donors (Lipinski definition) is 4. The van der Waals surface area contributed by atoms with E-state index in [4.69, 9.17) is 19.1 Å². The molecule has 11 nitrogen and oxygen atoms in total. The second kappa shape index (κ2) is 40.6. The van der Waals surface area contributed by atoms with Crippen molar-refractivity contribution in [2.75, 3.05) is 26.4 Å². The number of allylic oxidation sites excluding steroid dienone is 14. The zero-order chi connectivity index (χ0) is 42.8. The number of rotatable bonds is 38. The van der Waals surface area contributed by atoms with Gasteiger partial charge >= 0.3 is 19.8 Å². The van der Waals surface area contributed by atoms with Crippen molar-refractivity contribution in [1.82, 2.24) is 0 Å². The molecule has 4 atom stereocenters. The number of carbonyl (C=O) groups excluding carboxylic acids is 2. The largest absolute Gasteiger partial charge is 0.472 e. The van der Waals surface area contributed by atoms with Crippen LogP contribution in [0.5, 0.6) is 0 Å². The van der Waals surface area contributed by atoms with Crippen LogP contribution in [0.3, 0.4) is 0 Å². The Bertz CT molecular complexity index is 1300. The predicted octanol–water partition coefficient (Wildman–Crippen LogP) is 10.2. The van der Waals surface area contributed by atoms with Gasteiger partial charge in [0.2, 0.25) is 0 Å². The molecule has 0 aromatic rings. The van der Waals surface area contributed by atoms with Crippen molar-refractivity contribution in [1.29, 1.82) is 0 Å². The third-order valence-electron chi connectivity index (χ3n) is 8.30. The Kier molecular flexibility index (Phi) is 38.4. The highest BCUT2D eigenvalue weighted by atomic mass is 31.2. The number of phosphoric acid groups is 1. The monoisotopic (exact) mass is 835 g/mol. The molecular weight excluding hydrogens is 759 g/mol. The van der Waals surface area contributed by atoms with E-state index in [0.717, 1.165) is 38.5 Å². The van der Waals surface area contributed by atoms with Crippen LogP contribution >= 0.6 is 7.82 Å². The summed E-state index contributed by atoms with van der Waals surface area (Å²) in [4.78, 5) is 34.9. The zero-order valence-electron chi connectivity index (χ0n) is 35.3. The molecule has 0 aromatic carbocycles. The lowest BCUT2D eigenvalue weighted by atomic mass is 10.1. The Balaban J connectivity index is 4.54. The highest BCUT2D eigenvalue weighted by Gasteiger charge is 2.27. The molecule has 0 amide bonds. The van der Waals surface area contributed by atoms with E-state index in [1.54, 1.807) is 6.08 Å². The number of aliphatic hydroxyl groups is 3. The van der Waals surface area contributed by atoms with Gasteiger partial charge in [-0.3, -0.25) is 18.6 Å². The maximum absolute atomic E-state index is 12.6. The van der Waals surface area contributed by atoms with Crippen molar-refractivity contribution in [2.45, 2.75) is 154 Å². The number of carbonyl (C=O) groups is 2. The van der Waals surface area contributed by atoms with E-state index in [0.29, 0.717) is 32.1 Å². The van der Waals surface area contributed by atoms with E-state index in [1.807, 2.05) is 61.6 Å². The van der Waals surface area contributed by atoms with Crippen LogP contribution in [0.1, 0.15) is 136 Å². The lowest BCUT2D eigenvalue weighted by Crippen LogP contribution is -2.29. The first-order valence-corrected chi connectivity index (χ1v) is 22.8. The number of aliphatic hydroxyl groups excluding tert-OH is 3. The summed E-state index contributed by atoms with van der Waals surface area (Å²) < 4.78 is 32.5. The fourth-order valence-corrected chi connectivity index (χ4v) is 5.79. The molecule has 0 aromatic heterocycles. The lowest BCUT2D eigenvalue weighted by molar-refractivity contribution is -0.161.